The van der Waals surface area contributed by atoms with Gasteiger partial charge in [0, 0.05) is 33.9 Å². The van der Waals surface area contributed by atoms with E-state index in [-0.39, 0.29) is 0 Å². The molecular formula is C57H37NO. The number of hydrogen-bond donors (Lipinski definition) is 0. The summed E-state index contributed by atoms with van der Waals surface area (Å²) in [6, 6.07) is 81.9. The van der Waals surface area contributed by atoms with E-state index in [9.17, 15) is 0 Å². The Morgan fingerprint density at radius 3 is 1.68 bits per heavy atom. The van der Waals surface area contributed by atoms with Gasteiger partial charge in [0.2, 0.25) is 0 Å². The Labute approximate surface area is 342 Å². The second-order valence-corrected chi connectivity index (χ2v) is 15.6. The van der Waals surface area contributed by atoms with Crippen molar-refractivity contribution >= 4 is 60.5 Å². The molecule has 10 aromatic carbocycles. The molecule has 0 saturated carbocycles. The van der Waals surface area contributed by atoms with Crippen LogP contribution < -0.4 is 4.90 Å². The zero-order valence-corrected chi connectivity index (χ0v) is 32.2. The molecule has 0 amide bonds. The monoisotopic (exact) mass is 751 g/mol. The van der Waals surface area contributed by atoms with E-state index in [1.807, 2.05) is 12.1 Å². The minimum Gasteiger partial charge on any atom is -0.456 e. The summed E-state index contributed by atoms with van der Waals surface area (Å²) in [5.74, 6) is 0. The van der Waals surface area contributed by atoms with Gasteiger partial charge >= 0.3 is 0 Å². The van der Waals surface area contributed by atoms with Crippen molar-refractivity contribution in [1.82, 2.24) is 0 Å². The normalized spacial score (nSPS) is 12.9. The van der Waals surface area contributed by atoms with E-state index in [1.54, 1.807) is 0 Å². The third-order valence-electron chi connectivity index (χ3n) is 12.5. The minimum absolute atomic E-state index is 0.511. The van der Waals surface area contributed by atoms with Crippen LogP contribution in [0.3, 0.4) is 0 Å². The minimum atomic E-state index is -0.511. The summed E-state index contributed by atoms with van der Waals surface area (Å²) in [5, 5.41) is 7.28. The lowest BCUT2D eigenvalue weighted by molar-refractivity contribution is 0.669. The number of anilines is 3. The first-order valence-electron chi connectivity index (χ1n) is 20.3. The Morgan fingerprint density at radius 2 is 0.881 bits per heavy atom. The van der Waals surface area contributed by atoms with Crippen LogP contribution in [0.1, 0.15) is 22.3 Å². The molecule has 0 N–H and O–H groups in total. The van der Waals surface area contributed by atoms with Crippen LogP contribution >= 0.6 is 0 Å². The van der Waals surface area contributed by atoms with Gasteiger partial charge in [0.15, 0.2) is 0 Å². The van der Waals surface area contributed by atoms with Gasteiger partial charge in [-0.15, -0.1) is 0 Å². The van der Waals surface area contributed by atoms with Crippen LogP contribution in [-0.2, 0) is 5.41 Å². The number of nitrogens with zero attached hydrogens (tertiary/aromatic N) is 1. The fourth-order valence-electron chi connectivity index (χ4n) is 9.86. The third-order valence-corrected chi connectivity index (χ3v) is 12.5. The molecule has 0 aliphatic heterocycles. The Bertz CT molecular complexity index is 3340. The molecule has 0 spiro atoms. The van der Waals surface area contributed by atoms with Gasteiger partial charge in [-0.3, -0.25) is 0 Å². The number of para-hydroxylation sites is 1. The molecule has 2 heteroatoms. The van der Waals surface area contributed by atoms with Crippen LogP contribution in [-0.4, -0.2) is 0 Å². The number of hydrogen-bond acceptors (Lipinski definition) is 2. The van der Waals surface area contributed by atoms with Crippen LogP contribution in [0.4, 0.5) is 17.1 Å². The summed E-state index contributed by atoms with van der Waals surface area (Å²) < 4.78 is 6.50. The van der Waals surface area contributed by atoms with E-state index in [0.29, 0.717) is 0 Å². The van der Waals surface area contributed by atoms with Gasteiger partial charge in [0.05, 0.1) is 5.41 Å². The van der Waals surface area contributed by atoms with Crippen LogP contribution in [0.5, 0.6) is 0 Å². The Morgan fingerprint density at radius 1 is 0.322 bits per heavy atom. The first kappa shape index (κ1) is 33.5. The van der Waals surface area contributed by atoms with Crippen molar-refractivity contribution in [3.8, 4) is 22.3 Å². The van der Waals surface area contributed by atoms with Gasteiger partial charge in [0.25, 0.3) is 0 Å². The zero-order chi connectivity index (χ0) is 38.9. The number of benzene rings is 10. The first-order valence-corrected chi connectivity index (χ1v) is 20.3. The van der Waals surface area contributed by atoms with E-state index in [0.717, 1.165) is 39.0 Å². The molecule has 0 atom stereocenters. The highest BCUT2D eigenvalue weighted by atomic mass is 16.3. The van der Waals surface area contributed by atoms with Crippen molar-refractivity contribution in [2.24, 2.45) is 0 Å². The summed E-state index contributed by atoms with van der Waals surface area (Å²) in [4.78, 5) is 2.38. The molecule has 12 rings (SSSR count). The Kier molecular flexibility index (Phi) is 7.48. The lowest BCUT2D eigenvalue weighted by atomic mass is 9.67. The summed E-state index contributed by atoms with van der Waals surface area (Å²) in [6.45, 7) is 0. The SMILES string of the molecule is c1ccc(C2(c3ccccc3)c3ccccc3-c3ccc(N(c4ccc(-c5ccc6ccc7ccccc7c6c5)cc4)c4ccc5c(c4)oc4ccccc45)cc32)cc1. The second kappa shape index (κ2) is 13.2. The first-order chi connectivity index (χ1) is 29.2. The van der Waals surface area contributed by atoms with Crippen LogP contribution in [0.2, 0.25) is 0 Å². The second-order valence-electron chi connectivity index (χ2n) is 15.6. The molecule has 0 fully saturated rings. The predicted octanol–water partition coefficient (Wildman–Crippen LogP) is 15.4. The summed E-state index contributed by atoms with van der Waals surface area (Å²) in [5.41, 5.74) is 14.4. The van der Waals surface area contributed by atoms with Gasteiger partial charge in [-0.1, -0.05) is 170 Å². The molecule has 276 valence electrons. The van der Waals surface area contributed by atoms with Crippen molar-refractivity contribution in [1.29, 1.82) is 0 Å². The number of rotatable bonds is 6. The molecule has 1 aromatic heterocycles. The van der Waals surface area contributed by atoms with Crippen molar-refractivity contribution in [2.75, 3.05) is 4.90 Å². The number of fused-ring (bicyclic) bond motifs is 9. The highest BCUT2D eigenvalue weighted by Crippen LogP contribution is 2.57. The molecule has 0 saturated heterocycles. The number of furan rings is 1. The van der Waals surface area contributed by atoms with Gasteiger partial charge in [-0.25, -0.2) is 0 Å². The lowest BCUT2D eigenvalue weighted by Crippen LogP contribution is -2.28. The third kappa shape index (κ3) is 5.13. The molecule has 0 radical (unpaired) electrons. The van der Waals surface area contributed by atoms with Gasteiger partial charge in [-0.2, -0.15) is 0 Å². The fraction of sp³-hybridized carbons (Fsp3) is 0.0175. The van der Waals surface area contributed by atoms with Crippen molar-refractivity contribution in [3.05, 3.63) is 247 Å². The van der Waals surface area contributed by atoms with E-state index in [2.05, 4.69) is 217 Å². The molecule has 2 nitrogen and oxygen atoms in total. The van der Waals surface area contributed by atoms with E-state index in [1.165, 1.54) is 66.1 Å². The Hall–Kier alpha value is -7.68. The summed E-state index contributed by atoms with van der Waals surface area (Å²) in [7, 11) is 0. The predicted molar refractivity (Wildman–Crippen MR) is 246 cm³/mol. The Balaban J connectivity index is 1.06. The average Bonchev–Trinajstić information content (AvgIpc) is 3.83. The summed E-state index contributed by atoms with van der Waals surface area (Å²) in [6.07, 6.45) is 0. The molecule has 0 bridgehead atoms. The molecule has 59 heavy (non-hydrogen) atoms. The van der Waals surface area contributed by atoms with Gasteiger partial charge in [-0.05, 0) is 115 Å². The molecule has 0 unspecified atom stereocenters. The fourth-order valence-corrected chi connectivity index (χ4v) is 9.86. The van der Waals surface area contributed by atoms with Crippen molar-refractivity contribution < 1.29 is 4.42 Å². The van der Waals surface area contributed by atoms with E-state index < -0.39 is 5.41 Å². The summed E-state index contributed by atoms with van der Waals surface area (Å²) >= 11 is 0. The zero-order valence-electron chi connectivity index (χ0n) is 32.2. The lowest BCUT2D eigenvalue weighted by Gasteiger charge is -2.35. The molecule has 1 heterocycles. The highest BCUT2D eigenvalue weighted by Gasteiger charge is 2.46. The maximum atomic E-state index is 6.50. The highest BCUT2D eigenvalue weighted by molar-refractivity contribution is 6.09. The smallest absolute Gasteiger partial charge is 0.137 e. The van der Waals surface area contributed by atoms with Crippen molar-refractivity contribution in [3.63, 3.8) is 0 Å². The maximum absolute atomic E-state index is 6.50. The molecule has 1 aliphatic carbocycles. The van der Waals surface area contributed by atoms with Crippen molar-refractivity contribution in [2.45, 2.75) is 5.41 Å². The largest absolute Gasteiger partial charge is 0.456 e. The average molecular weight is 752 g/mol. The maximum Gasteiger partial charge on any atom is 0.137 e. The van der Waals surface area contributed by atoms with E-state index in [4.69, 9.17) is 4.42 Å². The topological polar surface area (TPSA) is 16.4 Å². The molecule has 1 aliphatic rings. The van der Waals surface area contributed by atoms with Crippen LogP contribution in [0.25, 0.3) is 65.7 Å². The van der Waals surface area contributed by atoms with E-state index >= 15 is 0 Å². The standard InChI is InChI=1S/C57H37NO/c1-3-14-42(15-4-1)57(43-16-5-2-6-17-43)53-21-11-9-19-48(53)49-33-31-45(36-54(49)57)58(46-32-34-51-50-20-10-12-22-55(50)59-56(51)37-46)44-29-27-38(28-30-44)41-26-25-40-24-23-39-13-7-8-18-47(39)52(40)35-41/h1-37H. The van der Waals surface area contributed by atoms with Crippen LogP contribution in [0, 0.1) is 0 Å². The quantitative estimate of drug-likeness (QED) is 0.157. The van der Waals surface area contributed by atoms with Crippen LogP contribution in [0.15, 0.2) is 229 Å². The van der Waals surface area contributed by atoms with Gasteiger partial charge in [0.1, 0.15) is 11.2 Å². The molecular weight excluding hydrogens is 715 g/mol. The van der Waals surface area contributed by atoms with Gasteiger partial charge < -0.3 is 9.32 Å². The molecule has 11 aromatic rings.